The number of nitrogens with two attached hydrogens (primary N) is 1. The molecule has 3 nitrogen and oxygen atoms in total. The van der Waals surface area contributed by atoms with Gasteiger partial charge in [0, 0.05) is 24.2 Å². The Morgan fingerprint density at radius 1 is 1.30 bits per heavy atom. The Hall–Kier alpha value is -1.06. The summed E-state index contributed by atoms with van der Waals surface area (Å²) in [4.78, 5) is 2.61. The van der Waals surface area contributed by atoms with Gasteiger partial charge in [-0.1, -0.05) is 25.1 Å². The maximum atomic E-state index is 6.13. The van der Waals surface area contributed by atoms with E-state index in [1.54, 1.807) is 0 Å². The molecule has 1 aliphatic rings. The molecule has 0 aromatic heterocycles. The van der Waals surface area contributed by atoms with Crippen molar-refractivity contribution in [3.63, 3.8) is 0 Å². The number of rotatable bonds is 6. The molecule has 0 bridgehead atoms. The summed E-state index contributed by atoms with van der Waals surface area (Å²) in [5.74, 6) is 0.986. The molecule has 1 heterocycles. The standard InChI is InChI=1S/C17H28N2O/c1-4-14-11-10-13(3)19(14)16(12-18)15-8-6-7-9-17(15)20-5-2/h6-9,13-14,16H,4-5,10-12,18H2,1-3H3. The molecule has 0 aliphatic carbocycles. The highest BCUT2D eigenvalue weighted by molar-refractivity contribution is 5.36. The minimum atomic E-state index is 0.264. The van der Waals surface area contributed by atoms with Crippen molar-refractivity contribution in [2.24, 2.45) is 5.73 Å². The van der Waals surface area contributed by atoms with E-state index in [2.05, 4.69) is 36.9 Å². The van der Waals surface area contributed by atoms with Crippen LogP contribution in [0.25, 0.3) is 0 Å². The fourth-order valence-corrected chi connectivity index (χ4v) is 3.52. The average Bonchev–Trinajstić information content (AvgIpc) is 2.83. The Morgan fingerprint density at radius 3 is 2.70 bits per heavy atom. The Morgan fingerprint density at radius 2 is 2.05 bits per heavy atom. The average molecular weight is 276 g/mol. The van der Waals surface area contributed by atoms with Crippen LogP contribution in [0.4, 0.5) is 0 Å². The van der Waals surface area contributed by atoms with Crippen LogP contribution in [0.2, 0.25) is 0 Å². The van der Waals surface area contributed by atoms with E-state index in [-0.39, 0.29) is 6.04 Å². The molecule has 20 heavy (non-hydrogen) atoms. The molecule has 2 N–H and O–H groups in total. The zero-order chi connectivity index (χ0) is 14.5. The van der Waals surface area contributed by atoms with Crippen molar-refractivity contribution in [1.29, 1.82) is 0 Å². The number of hydrogen-bond donors (Lipinski definition) is 1. The van der Waals surface area contributed by atoms with Crippen molar-refractivity contribution in [1.82, 2.24) is 4.90 Å². The second-order valence-corrected chi connectivity index (χ2v) is 5.66. The van der Waals surface area contributed by atoms with Crippen LogP contribution < -0.4 is 10.5 Å². The van der Waals surface area contributed by atoms with Crippen LogP contribution in [-0.4, -0.2) is 30.1 Å². The Balaban J connectivity index is 2.32. The van der Waals surface area contributed by atoms with Crippen molar-refractivity contribution in [3.8, 4) is 5.75 Å². The molecular weight excluding hydrogens is 248 g/mol. The first-order valence-corrected chi connectivity index (χ1v) is 7.92. The fourth-order valence-electron chi connectivity index (χ4n) is 3.52. The molecule has 1 aromatic rings. The largest absolute Gasteiger partial charge is 0.494 e. The first-order valence-electron chi connectivity index (χ1n) is 7.92. The molecule has 0 amide bonds. The summed E-state index contributed by atoms with van der Waals surface area (Å²) in [6.07, 6.45) is 3.74. The second-order valence-electron chi connectivity index (χ2n) is 5.66. The van der Waals surface area contributed by atoms with E-state index in [1.807, 2.05) is 13.0 Å². The molecule has 0 saturated carbocycles. The zero-order valence-electron chi connectivity index (χ0n) is 13.0. The molecule has 1 aliphatic heterocycles. The maximum Gasteiger partial charge on any atom is 0.124 e. The summed E-state index contributed by atoms with van der Waals surface area (Å²) < 4.78 is 5.80. The van der Waals surface area contributed by atoms with Gasteiger partial charge in [0.15, 0.2) is 0 Å². The molecule has 0 spiro atoms. The van der Waals surface area contributed by atoms with Crippen LogP contribution in [0.15, 0.2) is 24.3 Å². The lowest BCUT2D eigenvalue weighted by Gasteiger charge is -2.36. The third-order valence-corrected chi connectivity index (χ3v) is 4.48. The highest BCUT2D eigenvalue weighted by Gasteiger charge is 2.35. The van der Waals surface area contributed by atoms with E-state index in [0.29, 0.717) is 25.2 Å². The zero-order valence-corrected chi connectivity index (χ0v) is 13.0. The number of para-hydroxylation sites is 1. The van der Waals surface area contributed by atoms with Gasteiger partial charge < -0.3 is 10.5 Å². The molecule has 3 unspecified atom stereocenters. The van der Waals surface area contributed by atoms with Gasteiger partial charge in [0.05, 0.1) is 12.6 Å². The second kappa shape index (κ2) is 7.09. The van der Waals surface area contributed by atoms with Gasteiger partial charge in [-0.2, -0.15) is 0 Å². The highest BCUT2D eigenvalue weighted by Crippen LogP contribution is 2.37. The summed E-state index contributed by atoms with van der Waals surface area (Å²) in [6, 6.07) is 9.86. The number of benzene rings is 1. The molecule has 1 aromatic carbocycles. The van der Waals surface area contributed by atoms with Crippen molar-refractivity contribution >= 4 is 0 Å². The number of ether oxygens (including phenoxy) is 1. The van der Waals surface area contributed by atoms with E-state index < -0.39 is 0 Å². The van der Waals surface area contributed by atoms with Gasteiger partial charge in [0.2, 0.25) is 0 Å². The van der Waals surface area contributed by atoms with Gasteiger partial charge in [-0.3, -0.25) is 4.90 Å². The lowest BCUT2D eigenvalue weighted by atomic mass is 10.0. The first-order chi connectivity index (χ1) is 9.72. The van der Waals surface area contributed by atoms with Crippen molar-refractivity contribution in [2.45, 2.75) is 58.2 Å². The fraction of sp³-hybridized carbons (Fsp3) is 0.647. The van der Waals surface area contributed by atoms with Gasteiger partial charge in [-0.05, 0) is 39.2 Å². The monoisotopic (exact) mass is 276 g/mol. The normalized spacial score (nSPS) is 24.8. The van der Waals surface area contributed by atoms with Crippen LogP contribution in [0.5, 0.6) is 5.75 Å². The lowest BCUT2D eigenvalue weighted by Crippen LogP contribution is -2.41. The number of likely N-dealkylation sites (tertiary alicyclic amines) is 1. The van der Waals surface area contributed by atoms with Gasteiger partial charge in [0.1, 0.15) is 5.75 Å². The van der Waals surface area contributed by atoms with Crippen LogP contribution in [0.3, 0.4) is 0 Å². The van der Waals surface area contributed by atoms with E-state index in [1.165, 1.54) is 24.8 Å². The topological polar surface area (TPSA) is 38.5 Å². The maximum absolute atomic E-state index is 6.13. The minimum absolute atomic E-state index is 0.264. The Labute approximate surface area is 123 Å². The summed E-state index contributed by atoms with van der Waals surface area (Å²) in [7, 11) is 0. The van der Waals surface area contributed by atoms with Crippen LogP contribution in [0.1, 0.15) is 51.6 Å². The lowest BCUT2D eigenvalue weighted by molar-refractivity contribution is 0.134. The summed E-state index contributed by atoms with van der Waals surface area (Å²) >= 11 is 0. The third-order valence-electron chi connectivity index (χ3n) is 4.48. The molecule has 0 radical (unpaired) electrons. The van der Waals surface area contributed by atoms with Crippen molar-refractivity contribution < 1.29 is 4.74 Å². The van der Waals surface area contributed by atoms with E-state index in [9.17, 15) is 0 Å². The van der Waals surface area contributed by atoms with Gasteiger partial charge in [-0.25, -0.2) is 0 Å². The van der Waals surface area contributed by atoms with E-state index in [0.717, 1.165) is 5.75 Å². The van der Waals surface area contributed by atoms with Crippen LogP contribution >= 0.6 is 0 Å². The molecule has 1 saturated heterocycles. The highest BCUT2D eigenvalue weighted by atomic mass is 16.5. The molecule has 2 rings (SSSR count). The number of hydrogen-bond acceptors (Lipinski definition) is 3. The molecular formula is C17H28N2O. The van der Waals surface area contributed by atoms with E-state index >= 15 is 0 Å². The molecule has 112 valence electrons. The van der Waals surface area contributed by atoms with Crippen LogP contribution in [-0.2, 0) is 0 Å². The number of nitrogens with zero attached hydrogens (tertiary/aromatic N) is 1. The summed E-state index contributed by atoms with van der Waals surface area (Å²) in [6.45, 7) is 7.97. The predicted octanol–water partition coefficient (Wildman–Crippen LogP) is 3.35. The first kappa shape index (κ1) is 15.3. The Kier molecular flexibility index (Phi) is 5.44. The third kappa shape index (κ3) is 2.99. The quantitative estimate of drug-likeness (QED) is 0.866. The summed E-state index contributed by atoms with van der Waals surface area (Å²) in [5.41, 5.74) is 7.37. The molecule has 3 heteroatoms. The SMILES string of the molecule is CCOc1ccccc1C(CN)N1C(C)CCC1CC. The van der Waals surface area contributed by atoms with Gasteiger partial charge >= 0.3 is 0 Å². The minimum Gasteiger partial charge on any atom is -0.494 e. The Bertz CT molecular complexity index is 421. The molecule has 1 fully saturated rings. The predicted molar refractivity (Wildman–Crippen MR) is 84.0 cm³/mol. The van der Waals surface area contributed by atoms with Crippen molar-refractivity contribution in [3.05, 3.63) is 29.8 Å². The van der Waals surface area contributed by atoms with Gasteiger partial charge in [-0.15, -0.1) is 0 Å². The summed E-state index contributed by atoms with van der Waals surface area (Å²) in [5, 5.41) is 0. The van der Waals surface area contributed by atoms with Crippen molar-refractivity contribution in [2.75, 3.05) is 13.2 Å². The van der Waals surface area contributed by atoms with Crippen LogP contribution in [0, 0.1) is 0 Å². The smallest absolute Gasteiger partial charge is 0.124 e. The molecule has 3 atom stereocenters. The van der Waals surface area contributed by atoms with Gasteiger partial charge in [0.25, 0.3) is 0 Å². The van der Waals surface area contributed by atoms with E-state index in [4.69, 9.17) is 10.5 Å².